The van der Waals surface area contributed by atoms with Gasteiger partial charge >= 0.3 is 0 Å². The lowest BCUT2D eigenvalue weighted by Gasteiger charge is -2.40. The fourth-order valence-corrected chi connectivity index (χ4v) is 1.30. The van der Waals surface area contributed by atoms with Gasteiger partial charge in [-0.1, -0.05) is 19.4 Å². The number of ether oxygens (including phenoxy) is 1. The lowest BCUT2D eigenvalue weighted by Crippen LogP contribution is -2.42. The largest absolute Gasteiger partial charge is 0.378 e. The van der Waals surface area contributed by atoms with Gasteiger partial charge in [-0.05, 0) is 40.2 Å². The summed E-state index contributed by atoms with van der Waals surface area (Å²) < 4.78 is 5.48. The van der Waals surface area contributed by atoms with Gasteiger partial charge in [0.25, 0.3) is 0 Å². The van der Waals surface area contributed by atoms with E-state index in [2.05, 4.69) is 13.8 Å². The molecule has 0 saturated carbocycles. The molecule has 0 unspecified atom stereocenters. The summed E-state index contributed by atoms with van der Waals surface area (Å²) in [7, 11) is 1.69. The first-order chi connectivity index (χ1) is 7.05. The topological polar surface area (TPSA) is 26.3 Å². The Labute approximate surface area is 100 Å². The smallest absolute Gasteiger partial charge is 0.159 e. The highest BCUT2D eigenvalue weighted by molar-refractivity contribution is 5.95. The molecule has 0 aliphatic rings. The van der Waals surface area contributed by atoms with Gasteiger partial charge in [0, 0.05) is 18.9 Å². The maximum atomic E-state index is 12.0. The maximum Gasteiger partial charge on any atom is 0.159 e. The van der Waals surface area contributed by atoms with Crippen LogP contribution in [0, 0.1) is 5.41 Å². The Morgan fingerprint density at radius 3 is 1.81 bits per heavy atom. The summed E-state index contributed by atoms with van der Waals surface area (Å²) in [6.45, 7) is 14.0. The van der Waals surface area contributed by atoms with E-state index >= 15 is 0 Å². The summed E-state index contributed by atoms with van der Waals surface area (Å²) in [5.74, 6) is 0.218. The van der Waals surface area contributed by atoms with E-state index in [0.717, 1.165) is 11.1 Å². The normalized spacial score (nSPS) is 12.5. The zero-order valence-electron chi connectivity index (χ0n) is 12.0. The Morgan fingerprint density at radius 1 is 1.06 bits per heavy atom. The molecular weight excluding hydrogens is 200 g/mol. The van der Waals surface area contributed by atoms with Gasteiger partial charge in [0.05, 0.1) is 5.60 Å². The third-order valence-electron chi connectivity index (χ3n) is 3.91. The van der Waals surface area contributed by atoms with Crippen molar-refractivity contribution in [2.24, 2.45) is 5.41 Å². The van der Waals surface area contributed by atoms with Gasteiger partial charge in [-0.2, -0.15) is 0 Å². The van der Waals surface area contributed by atoms with Crippen LogP contribution < -0.4 is 0 Å². The summed E-state index contributed by atoms with van der Waals surface area (Å²) in [6.07, 6.45) is 0.519. The van der Waals surface area contributed by atoms with E-state index in [1.54, 1.807) is 7.11 Å². The second-order valence-corrected chi connectivity index (χ2v) is 5.82. The van der Waals surface area contributed by atoms with E-state index < -0.39 is 0 Å². The molecule has 0 aliphatic heterocycles. The first kappa shape index (κ1) is 15.4. The molecule has 0 rings (SSSR count). The van der Waals surface area contributed by atoms with Crippen molar-refractivity contribution in [3.05, 3.63) is 11.1 Å². The number of Topliss-reactive ketones (excluding diaryl/α,β-unsaturated/α-hetero) is 1. The van der Waals surface area contributed by atoms with E-state index in [9.17, 15) is 4.79 Å². The van der Waals surface area contributed by atoms with Crippen molar-refractivity contribution in [2.75, 3.05) is 7.11 Å². The highest BCUT2D eigenvalue weighted by atomic mass is 16.5. The second kappa shape index (κ2) is 5.13. The molecule has 0 N–H and O–H groups in total. The van der Waals surface area contributed by atoms with Gasteiger partial charge in [-0.15, -0.1) is 0 Å². The fourth-order valence-electron chi connectivity index (χ4n) is 1.30. The van der Waals surface area contributed by atoms with Gasteiger partial charge in [-0.3, -0.25) is 4.79 Å². The first-order valence-electron chi connectivity index (χ1n) is 5.77. The zero-order valence-corrected chi connectivity index (χ0v) is 12.0. The van der Waals surface area contributed by atoms with Gasteiger partial charge in [0.2, 0.25) is 0 Å². The van der Waals surface area contributed by atoms with Gasteiger partial charge < -0.3 is 4.74 Å². The molecule has 0 aromatic rings. The zero-order chi connectivity index (χ0) is 13.1. The van der Waals surface area contributed by atoms with Crippen molar-refractivity contribution in [3.63, 3.8) is 0 Å². The summed E-state index contributed by atoms with van der Waals surface area (Å²) in [5.41, 5.74) is 1.50. The molecule has 0 spiro atoms. The number of carbonyl (C=O) groups excluding carboxylic acids is 1. The maximum absolute atomic E-state index is 12.0. The first-order valence-corrected chi connectivity index (χ1v) is 5.77. The Balaban J connectivity index is 4.87. The highest BCUT2D eigenvalue weighted by Crippen LogP contribution is 2.37. The molecule has 0 aromatic carbocycles. The molecule has 0 atom stereocenters. The minimum Gasteiger partial charge on any atom is -0.378 e. The van der Waals surface area contributed by atoms with Crippen molar-refractivity contribution in [2.45, 2.75) is 60.5 Å². The van der Waals surface area contributed by atoms with Crippen LogP contribution in [0.3, 0.4) is 0 Å². The number of hydrogen-bond donors (Lipinski definition) is 0. The van der Waals surface area contributed by atoms with Crippen LogP contribution in [-0.4, -0.2) is 18.5 Å². The molecule has 0 heterocycles. The minimum atomic E-state index is -0.301. The molecule has 0 bridgehead atoms. The third kappa shape index (κ3) is 3.44. The molecule has 0 aromatic heterocycles. The fraction of sp³-hybridized carbons (Fsp3) is 0.786. The van der Waals surface area contributed by atoms with Crippen molar-refractivity contribution in [1.29, 1.82) is 0 Å². The lowest BCUT2D eigenvalue weighted by atomic mass is 9.72. The van der Waals surface area contributed by atoms with Crippen molar-refractivity contribution >= 4 is 5.78 Å². The van der Waals surface area contributed by atoms with Crippen molar-refractivity contribution < 1.29 is 9.53 Å². The monoisotopic (exact) mass is 226 g/mol. The van der Waals surface area contributed by atoms with Crippen LogP contribution in [0.1, 0.15) is 54.9 Å². The minimum absolute atomic E-state index is 0.171. The summed E-state index contributed by atoms with van der Waals surface area (Å²) >= 11 is 0. The van der Waals surface area contributed by atoms with Crippen LogP contribution >= 0.6 is 0 Å². The quantitative estimate of drug-likeness (QED) is 0.667. The molecule has 2 nitrogen and oxygen atoms in total. The molecule has 0 amide bonds. The SMILES string of the molecule is COC(C)(C)C(C)(C)CC(=O)C(C)=C(C)C. The van der Waals surface area contributed by atoms with Crippen LogP contribution in [0.5, 0.6) is 0 Å². The standard InChI is InChI=1S/C14H26O2/c1-10(2)11(3)12(15)9-13(4,5)14(6,7)16-8/h9H2,1-8H3. The number of allylic oxidation sites excluding steroid dienone is 2. The summed E-state index contributed by atoms with van der Waals surface area (Å²) in [4.78, 5) is 12.0. The molecule has 0 saturated heterocycles. The number of ketones is 1. The molecule has 94 valence electrons. The Morgan fingerprint density at radius 2 is 1.50 bits per heavy atom. The highest BCUT2D eigenvalue weighted by Gasteiger charge is 2.38. The van der Waals surface area contributed by atoms with E-state index in [1.165, 1.54) is 0 Å². The van der Waals surface area contributed by atoms with Crippen molar-refractivity contribution in [1.82, 2.24) is 0 Å². The van der Waals surface area contributed by atoms with Crippen LogP contribution in [-0.2, 0) is 9.53 Å². The van der Waals surface area contributed by atoms with Crippen LogP contribution in [0.15, 0.2) is 11.1 Å². The van der Waals surface area contributed by atoms with Crippen LogP contribution in [0.25, 0.3) is 0 Å². The summed E-state index contributed by atoms with van der Waals surface area (Å²) in [6, 6.07) is 0. The predicted molar refractivity (Wildman–Crippen MR) is 68.5 cm³/mol. The molecule has 0 aliphatic carbocycles. The molecule has 16 heavy (non-hydrogen) atoms. The average Bonchev–Trinajstić information content (AvgIpc) is 2.15. The molecular formula is C14H26O2. The Bertz CT molecular complexity index is 292. The lowest BCUT2D eigenvalue weighted by molar-refractivity contribution is -0.124. The predicted octanol–water partition coefficient (Wildman–Crippen LogP) is 3.75. The Hall–Kier alpha value is -0.630. The molecule has 2 heteroatoms. The Kier molecular flexibility index (Phi) is 4.93. The average molecular weight is 226 g/mol. The van der Waals surface area contributed by atoms with E-state index in [4.69, 9.17) is 4.74 Å². The molecule has 0 fully saturated rings. The van der Waals surface area contributed by atoms with E-state index in [-0.39, 0.29) is 16.8 Å². The summed E-state index contributed by atoms with van der Waals surface area (Å²) in [5, 5.41) is 0. The number of methoxy groups -OCH3 is 1. The molecule has 0 radical (unpaired) electrons. The van der Waals surface area contributed by atoms with E-state index in [0.29, 0.717) is 6.42 Å². The van der Waals surface area contributed by atoms with Crippen molar-refractivity contribution in [3.8, 4) is 0 Å². The van der Waals surface area contributed by atoms with Gasteiger partial charge in [0.1, 0.15) is 0 Å². The van der Waals surface area contributed by atoms with Gasteiger partial charge in [-0.25, -0.2) is 0 Å². The van der Waals surface area contributed by atoms with Crippen LogP contribution in [0.4, 0.5) is 0 Å². The second-order valence-electron chi connectivity index (χ2n) is 5.82. The van der Waals surface area contributed by atoms with E-state index in [1.807, 2.05) is 34.6 Å². The van der Waals surface area contributed by atoms with Crippen LogP contribution in [0.2, 0.25) is 0 Å². The third-order valence-corrected chi connectivity index (χ3v) is 3.91. The number of hydrogen-bond acceptors (Lipinski definition) is 2. The number of rotatable bonds is 5. The number of carbonyl (C=O) groups is 1. The van der Waals surface area contributed by atoms with Gasteiger partial charge in [0.15, 0.2) is 5.78 Å².